The monoisotopic (exact) mass is 927 g/mol. The molecule has 0 bridgehead atoms. The second-order valence-corrected chi connectivity index (χ2v) is 19.6. The Hall–Kier alpha value is -2.37. The minimum Gasteiger partial charge on any atom is -0.462 e. The van der Waals surface area contributed by atoms with Crippen LogP contribution in [0.25, 0.3) is 0 Å². The molecule has 0 unspecified atom stereocenters. The Morgan fingerprint density at radius 3 is 0.894 bits per heavy atom. The lowest BCUT2D eigenvalue weighted by Crippen LogP contribution is -2.30. The smallest absolute Gasteiger partial charge is 0.306 e. The van der Waals surface area contributed by atoms with Crippen LogP contribution in [0.1, 0.15) is 310 Å². The number of carbonyl (C=O) groups excluding carboxylic acids is 3. The van der Waals surface area contributed by atoms with E-state index in [0.29, 0.717) is 19.3 Å². The molecule has 0 aliphatic heterocycles. The number of hydrogen-bond acceptors (Lipinski definition) is 6. The molecule has 6 nitrogen and oxygen atoms in total. The number of carbonyl (C=O) groups is 3. The first kappa shape index (κ1) is 63.6. The van der Waals surface area contributed by atoms with Gasteiger partial charge in [-0.3, -0.25) is 14.4 Å². The lowest BCUT2D eigenvalue weighted by Gasteiger charge is -2.18. The maximum Gasteiger partial charge on any atom is 0.306 e. The van der Waals surface area contributed by atoms with E-state index >= 15 is 0 Å². The lowest BCUT2D eigenvalue weighted by atomic mass is 10.0. The molecule has 0 aromatic rings. The number of unbranched alkanes of at least 4 members (excludes halogenated alkanes) is 36. The van der Waals surface area contributed by atoms with Crippen LogP contribution in [-0.2, 0) is 28.6 Å². The first-order chi connectivity index (χ1) is 32.5. The summed E-state index contributed by atoms with van der Waals surface area (Å²) in [5.74, 6) is -0.882. The molecule has 1 atom stereocenters. The Balaban J connectivity index is 4.35. The van der Waals surface area contributed by atoms with E-state index in [-0.39, 0.29) is 31.1 Å². The van der Waals surface area contributed by atoms with Crippen LogP contribution in [0.2, 0.25) is 0 Å². The Labute approximate surface area is 410 Å². The third-order valence-electron chi connectivity index (χ3n) is 12.9. The average Bonchev–Trinajstić information content (AvgIpc) is 3.31. The summed E-state index contributed by atoms with van der Waals surface area (Å²) in [6.07, 6.45) is 65.6. The maximum absolute atomic E-state index is 12.8. The predicted octanol–water partition coefficient (Wildman–Crippen LogP) is 19.3. The number of ether oxygens (including phenoxy) is 3. The molecule has 0 saturated carbocycles. The van der Waals surface area contributed by atoms with Crippen molar-refractivity contribution >= 4 is 17.9 Å². The van der Waals surface area contributed by atoms with E-state index in [1.54, 1.807) is 0 Å². The second kappa shape index (κ2) is 55.2. The fourth-order valence-corrected chi connectivity index (χ4v) is 8.46. The molecule has 0 aliphatic rings. The summed E-state index contributed by atoms with van der Waals surface area (Å²) in [5.41, 5.74) is 0. The zero-order valence-corrected chi connectivity index (χ0v) is 44.2. The van der Waals surface area contributed by atoms with E-state index in [2.05, 4.69) is 57.2 Å². The molecular weight excluding hydrogens is 817 g/mol. The summed E-state index contributed by atoms with van der Waals surface area (Å²) in [5, 5.41) is 0. The molecule has 0 saturated heterocycles. The van der Waals surface area contributed by atoms with Gasteiger partial charge in [0.1, 0.15) is 13.2 Å². The number of hydrogen-bond donors (Lipinski definition) is 0. The maximum atomic E-state index is 12.8. The van der Waals surface area contributed by atoms with Crippen LogP contribution >= 0.6 is 0 Å². The highest BCUT2D eigenvalue weighted by Crippen LogP contribution is 2.16. The van der Waals surface area contributed by atoms with Crippen molar-refractivity contribution in [2.24, 2.45) is 0 Å². The zero-order chi connectivity index (χ0) is 47.9. The van der Waals surface area contributed by atoms with E-state index in [9.17, 15) is 14.4 Å². The molecule has 0 aromatic carbocycles. The Bertz CT molecular complexity index is 1110. The van der Waals surface area contributed by atoms with Crippen molar-refractivity contribution in [2.75, 3.05) is 13.2 Å². The number of esters is 3. The Kier molecular flexibility index (Phi) is 53.2. The first-order valence-corrected chi connectivity index (χ1v) is 29.0. The minimum absolute atomic E-state index is 0.0764. The SMILES string of the molecule is CCCC/C=C\C/C=C\CCCCCCCC(=O)OC[C@H](COC(=O)CCCCCCCCCCCCCCCCCCCC)OC(=O)CCCCCCC/C=C\CCCCCCCCC. The first-order valence-electron chi connectivity index (χ1n) is 29.0. The molecule has 6 heteroatoms. The van der Waals surface area contributed by atoms with Gasteiger partial charge in [-0.1, -0.05) is 256 Å². The van der Waals surface area contributed by atoms with Gasteiger partial charge in [-0.25, -0.2) is 0 Å². The number of allylic oxidation sites excluding steroid dienone is 6. The molecule has 0 spiro atoms. The highest BCUT2D eigenvalue weighted by atomic mass is 16.6. The molecule has 0 rings (SSSR count). The lowest BCUT2D eigenvalue weighted by molar-refractivity contribution is -0.167. The minimum atomic E-state index is -0.779. The van der Waals surface area contributed by atoms with Gasteiger partial charge in [0.2, 0.25) is 0 Å². The van der Waals surface area contributed by atoms with Gasteiger partial charge < -0.3 is 14.2 Å². The summed E-state index contributed by atoms with van der Waals surface area (Å²) in [6, 6.07) is 0. The van der Waals surface area contributed by atoms with E-state index in [0.717, 1.165) is 83.5 Å². The van der Waals surface area contributed by atoms with Gasteiger partial charge in [0.15, 0.2) is 6.10 Å². The Morgan fingerprint density at radius 2 is 0.561 bits per heavy atom. The summed E-state index contributed by atoms with van der Waals surface area (Å²) in [7, 11) is 0. The van der Waals surface area contributed by atoms with Gasteiger partial charge >= 0.3 is 17.9 Å². The third-order valence-corrected chi connectivity index (χ3v) is 12.9. The van der Waals surface area contributed by atoms with E-state index < -0.39 is 6.10 Å². The van der Waals surface area contributed by atoms with Crippen LogP contribution in [0, 0.1) is 0 Å². The summed E-state index contributed by atoms with van der Waals surface area (Å²) in [6.45, 7) is 6.62. The van der Waals surface area contributed by atoms with Gasteiger partial charge in [0.25, 0.3) is 0 Å². The summed E-state index contributed by atoms with van der Waals surface area (Å²) in [4.78, 5) is 38.1. The van der Waals surface area contributed by atoms with Gasteiger partial charge in [0.05, 0.1) is 0 Å². The number of rotatable bonds is 53. The highest BCUT2D eigenvalue weighted by Gasteiger charge is 2.19. The van der Waals surface area contributed by atoms with Crippen LogP contribution in [0.3, 0.4) is 0 Å². The predicted molar refractivity (Wildman–Crippen MR) is 284 cm³/mol. The molecular formula is C60H110O6. The van der Waals surface area contributed by atoms with Crippen molar-refractivity contribution in [3.05, 3.63) is 36.5 Å². The summed E-state index contributed by atoms with van der Waals surface area (Å²) >= 11 is 0. The van der Waals surface area contributed by atoms with E-state index in [1.165, 1.54) is 186 Å². The molecule has 386 valence electrons. The van der Waals surface area contributed by atoms with E-state index in [4.69, 9.17) is 14.2 Å². The second-order valence-electron chi connectivity index (χ2n) is 19.6. The summed E-state index contributed by atoms with van der Waals surface area (Å²) < 4.78 is 16.9. The van der Waals surface area contributed by atoms with E-state index in [1.807, 2.05) is 0 Å². The van der Waals surface area contributed by atoms with Crippen LogP contribution < -0.4 is 0 Å². The standard InChI is InChI=1S/C60H110O6/c1-4-7-10-13-16-19-22-25-28-30-31-33-35-38-41-44-47-50-53-59(62)65-56-57(55-64-58(61)52-49-46-43-40-37-34-27-24-21-18-15-12-9-6-3)66-60(63)54-51-48-45-42-39-36-32-29-26-23-20-17-14-11-8-5-2/h15,18,24,27,29,32,57H,4-14,16-17,19-23,25-26,28,30-31,33-56H2,1-3H3/b18-15-,27-24-,32-29-/t57-/m1/s1. The van der Waals surface area contributed by atoms with Gasteiger partial charge in [0, 0.05) is 19.3 Å². The van der Waals surface area contributed by atoms with Crippen molar-refractivity contribution in [1.29, 1.82) is 0 Å². The molecule has 0 amide bonds. The molecule has 0 aliphatic carbocycles. The van der Waals surface area contributed by atoms with Crippen LogP contribution in [-0.4, -0.2) is 37.2 Å². The van der Waals surface area contributed by atoms with Crippen molar-refractivity contribution in [3.8, 4) is 0 Å². The fraction of sp³-hybridized carbons (Fsp3) is 0.850. The van der Waals surface area contributed by atoms with Gasteiger partial charge in [-0.05, 0) is 70.6 Å². The normalized spacial score (nSPS) is 12.2. The molecule has 0 heterocycles. The molecule has 0 radical (unpaired) electrons. The van der Waals surface area contributed by atoms with Gasteiger partial charge in [-0.2, -0.15) is 0 Å². The molecule has 0 N–H and O–H groups in total. The largest absolute Gasteiger partial charge is 0.462 e. The average molecular weight is 928 g/mol. The fourth-order valence-electron chi connectivity index (χ4n) is 8.46. The van der Waals surface area contributed by atoms with Crippen molar-refractivity contribution in [2.45, 2.75) is 316 Å². The van der Waals surface area contributed by atoms with Gasteiger partial charge in [-0.15, -0.1) is 0 Å². The topological polar surface area (TPSA) is 78.9 Å². The Morgan fingerprint density at radius 1 is 0.303 bits per heavy atom. The quantitative estimate of drug-likeness (QED) is 0.0262. The van der Waals surface area contributed by atoms with Crippen molar-refractivity contribution in [3.63, 3.8) is 0 Å². The molecule has 66 heavy (non-hydrogen) atoms. The highest BCUT2D eigenvalue weighted by molar-refractivity contribution is 5.71. The van der Waals surface area contributed by atoms with Crippen LogP contribution in [0.5, 0.6) is 0 Å². The molecule has 0 fully saturated rings. The zero-order valence-electron chi connectivity index (χ0n) is 44.2. The van der Waals surface area contributed by atoms with Crippen LogP contribution in [0.15, 0.2) is 36.5 Å². The molecule has 0 aromatic heterocycles. The van der Waals surface area contributed by atoms with Crippen LogP contribution in [0.4, 0.5) is 0 Å². The van der Waals surface area contributed by atoms with Crippen molar-refractivity contribution in [1.82, 2.24) is 0 Å². The van der Waals surface area contributed by atoms with Crippen molar-refractivity contribution < 1.29 is 28.6 Å². The third kappa shape index (κ3) is 52.6.